The molecular formula is C39H23N5S. The van der Waals surface area contributed by atoms with Crippen molar-refractivity contribution in [3.63, 3.8) is 0 Å². The number of nitrogens with zero attached hydrogens (tertiary/aromatic N) is 5. The summed E-state index contributed by atoms with van der Waals surface area (Å²) < 4.78 is 5.06. The lowest BCUT2D eigenvalue weighted by Crippen LogP contribution is -2.21. The molecule has 0 radical (unpaired) electrons. The summed E-state index contributed by atoms with van der Waals surface area (Å²) in [5.41, 5.74) is 7.45. The van der Waals surface area contributed by atoms with E-state index in [4.69, 9.17) is 15.0 Å². The molecule has 3 aromatic heterocycles. The van der Waals surface area contributed by atoms with E-state index in [1.54, 1.807) is 0 Å². The van der Waals surface area contributed by atoms with Gasteiger partial charge in [0.05, 0.1) is 28.1 Å². The van der Waals surface area contributed by atoms with Crippen LogP contribution in [0, 0.1) is 0 Å². The molecule has 6 heteroatoms. The number of rotatable bonds is 3. The van der Waals surface area contributed by atoms with Gasteiger partial charge in [-0.15, -0.1) is 11.3 Å². The number of anilines is 3. The van der Waals surface area contributed by atoms with Crippen molar-refractivity contribution in [3.05, 3.63) is 140 Å². The van der Waals surface area contributed by atoms with Crippen molar-refractivity contribution in [1.29, 1.82) is 0 Å². The van der Waals surface area contributed by atoms with Gasteiger partial charge in [0.25, 0.3) is 0 Å². The van der Waals surface area contributed by atoms with Gasteiger partial charge < -0.3 is 4.57 Å². The number of thiophene rings is 1. The first kappa shape index (κ1) is 24.6. The average molecular weight is 594 g/mol. The number of para-hydroxylation sites is 3. The van der Waals surface area contributed by atoms with Gasteiger partial charge >= 0.3 is 0 Å². The monoisotopic (exact) mass is 593 g/mol. The zero-order valence-electron chi connectivity index (χ0n) is 23.9. The number of benzene rings is 6. The Kier molecular flexibility index (Phi) is 5.09. The van der Waals surface area contributed by atoms with Gasteiger partial charge in [-0.3, -0.25) is 4.90 Å². The lowest BCUT2D eigenvalue weighted by atomic mass is 10.1. The molecule has 6 aromatic carbocycles. The summed E-state index contributed by atoms with van der Waals surface area (Å²) in [7, 11) is 0. The van der Waals surface area contributed by atoms with Crippen molar-refractivity contribution in [3.8, 4) is 28.5 Å². The van der Waals surface area contributed by atoms with Crippen LogP contribution in [-0.2, 0) is 0 Å². The van der Waals surface area contributed by atoms with Crippen molar-refractivity contribution in [1.82, 2.24) is 19.5 Å². The third-order valence-corrected chi connectivity index (χ3v) is 9.90. The summed E-state index contributed by atoms with van der Waals surface area (Å²) in [6, 6.07) is 48.8. The molecule has 0 spiro atoms. The van der Waals surface area contributed by atoms with Crippen LogP contribution in [0.25, 0.3) is 70.4 Å². The van der Waals surface area contributed by atoms with E-state index < -0.39 is 0 Å². The average Bonchev–Trinajstić information content (AvgIpc) is 3.66. The van der Waals surface area contributed by atoms with E-state index >= 15 is 0 Å². The third-order valence-electron chi connectivity index (χ3n) is 8.76. The molecule has 9 aromatic rings. The van der Waals surface area contributed by atoms with Gasteiger partial charge in [-0.25, -0.2) is 4.98 Å². The molecule has 0 saturated heterocycles. The molecule has 10 rings (SSSR count). The normalized spacial score (nSPS) is 12.4. The second kappa shape index (κ2) is 9.32. The smallest absolute Gasteiger partial charge is 0.238 e. The summed E-state index contributed by atoms with van der Waals surface area (Å²) in [5, 5.41) is 5.04. The Morgan fingerprint density at radius 1 is 0.422 bits per heavy atom. The maximum Gasteiger partial charge on any atom is 0.238 e. The quantitative estimate of drug-likeness (QED) is 0.204. The zero-order chi connectivity index (χ0) is 29.5. The summed E-state index contributed by atoms with van der Waals surface area (Å²) in [6.07, 6.45) is 0. The van der Waals surface area contributed by atoms with Crippen molar-refractivity contribution in [2.45, 2.75) is 0 Å². The van der Waals surface area contributed by atoms with Crippen LogP contribution in [0.2, 0.25) is 0 Å². The van der Waals surface area contributed by atoms with E-state index in [9.17, 15) is 0 Å². The Hall–Kier alpha value is -5.85. The third kappa shape index (κ3) is 3.51. The van der Waals surface area contributed by atoms with Crippen LogP contribution in [0.15, 0.2) is 140 Å². The largest absolute Gasteiger partial charge is 0.304 e. The minimum absolute atomic E-state index is 0.588. The van der Waals surface area contributed by atoms with E-state index in [0.717, 1.165) is 33.7 Å². The first-order valence-corrected chi connectivity index (χ1v) is 15.8. The van der Waals surface area contributed by atoms with Gasteiger partial charge in [-0.05, 0) is 30.3 Å². The Bertz CT molecular complexity index is 2550. The molecule has 0 N–H and O–H groups in total. The molecule has 0 unspecified atom stereocenters. The van der Waals surface area contributed by atoms with Crippen molar-refractivity contribution >= 4 is 70.6 Å². The molecule has 1 aliphatic rings. The lowest BCUT2D eigenvalue weighted by molar-refractivity contribution is 1.00. The topological polar surface area (TPSA) is 46.8 Å². The van der Waals surface area contributed by atoms with Crippen molar-refractivity contribution in [2.75, 3.05) is 4.90 Å². The van der Waals surface area contributed by atoms with E-state index in [1.807, 2.05) is 72.0 Å². The molecular weight excluding hydrogens is 571 g/mol. The Morgan fingerprint density at radius 2 is 1.02 bits per heavy atom. The number of aromatic nitrogens is 4. The first-order chi connectivity index (χ1) is 22.3. The summed E-state index contributed by atoms with van der Waals surface area (Å²) in [4.78, 5) is 17.5. The fourth-order valence-electron chi connectivity index (χ4n) is 6.85. The zero-order valence-corrected chi connectivity index (χ0v) is 24.7. The maximum atomic E-state index is 5.14. The minimum atomic E-state index is 0.588. The molecule has 1 aliphatic heterocycles. The number of fused-ring (bicyclic) bond motifs is 9. The highest BCUT2D eigenvalue weighted by Crippen LogP contribution is 2.51. The van der Waals surface area contributed by atoms with E-state index in [1.165, 1.54) is 36.5 Å². The molecule has 0 aliphatic carbocycles. The van der Waals surface area contributed by atoms with Crippen LogP contribution in [0.4, 0.5) is 17.3 Å². The van der Waals surface area contributed by atoms with Gasteiger partial charge in [-0.2, -0.15) is 9.97 Å². The highest BCUT2D eigenvalue weighted by Gasteiger charge is 2.31. The SMILES string of the molecule is c1ccc(-c2nc(-c3ccccc3)nc(N3c4ccccc4-n4c5c3cccc5c3ccc5sc6ccccc6c5c34)n2)cc1. The van der Waals surface area contributed by atoms with Crippen molar-refractivity contribution < 1.29 is 0 Å². The highest BCUT2D eigenvalue weighted by atomic mass is 32.1. The van der Waals surface area contributed by atoms with Crippen LogP contribution in [-0.4, -0.2) is 19.5 Å². The minimum Gasteiger partial charge on any atom is -0.304 e. The van der Waals surface area contributed by atoms with E-state index in [0.29, 0.717) is 17.6 Å². The Morgan fingerprint density at radius 3 is 1.78 bits per heavy atom. The van der Waals surface area contributed by atoms with Crippen LogP contribution in [0.1, 0.15) is 0 Å². The molecule has 0 fully saturated rings. The summed E-state index contributed by atoms with van der Waals surface area (Å²) in [6.45, 7) is 0. The molecule has 0 atom stereocenters. The van der Waals surface area contributed by atoms with Gasteiger partial charge in [-0.1, -0.05) is 109 Å². The highest BCUT2D eigenvalue weighted by molar-refractivity contribution is 7.26. The molecule has 0 amide bonds. The molecule has 4 heterocycles. The fourth-order valence-corrected chi connectivity index (χ4v) is 7.96. The second-order valence-electron chi connectivity index (χ2n) is 11.3. The molecule has 45 heavy (non-hydrogen) atoms. The van der Waals surface area contributed by atoms with Crippen LogP contribution < -0.4 is 4.90 Å². The summed E-state index contributed by atoms with van der Waals surface area (Å²) >= 11 is 1.85. The lowest BCUT2D eigenvalue weighted by Gasteiger charge is -2.31. The standard InChI is InChI=1S/C39H23N5S/c1-3-12-24(13-4-1)37-40-38(25-14-5-2-6-15-25)42-39(41-37)43-29-18-8-9-19-30(29)44-35-26(17-11-20-31(35)43)27-22-23-33-34(36(27)44)28-16-7-10-21-32(28)45-33/h1-23H. The Balaban J connectivity index is 1.33. The maximum absolute atomic E-state index is 5.14. The Labute approximate surface area is 262 Å². The van der Waals surface area contributed by atoms with Crippen LogP contribution in [0.3, 0.4) is 0 Å². The molecule has 0 bridgehead atoms. The van der Waals surface area contributed by atoms with Gasteiger partial charge in [0, 0.05) is 42.1 Å². The van der Waals surface area contributed by atoms with E-state index in [-0.39, 0.29) is 0 Å². The first-order valence-electron chi connectivity index (χ1n) is 15.0. The predicted octanol–water partition coefficient (Wildman–Crippen LogP) is 10.5. The molecule has 0 saturated carbocycles. The van der Waals surface area contributed by atoms with Crippen molar-refractivity contribution in [2.24, 2.45) is 0 Å². The molecule has 5 nitrogen and oxygen atoms in total. The molecule has 210 valence electrons. The number of hydrogen-bond donors (Lipinski definition) is 0. The van der Waals surface area contributed by atoms with Crippen LogP contribution in [0.5, 0.6) is 0 Å². The summed E-state index contributed by atoms with van der Waals surface area (Å²) in [5.74, 6) is 1.87. The second-order valence-corrected chi connectivity index (χ2v) is 12.4. The number of hydrogen-bond acceptors (Lipinski definition) is 5. The predicted molar refractivity (Wildman–Crippen MR) is 186 cm³/mol. The van der Waals surface area contributed by atoms with E-state index in [2.05, 4.69) is 88.3 Å². The van der Waals surface area contributed by atoms with Gasteiger partial charge in [0.2, 0.25) is 5.95 Å². The van der Waals surface area contributed by atoms with Crippen LogP contribution >= 0.6 is 11.3 Å². The van der Waals surface area contributed by atoms with Gasteiger partial charge in [0.15, 0.2) is 11.6 Å². The van der Waals surface area contributed by atoms with Gasteiger partial charge in [0.1, 0.15) is 0 Å². The fraction of sp³-hybridized carbons (Fsp3) is 0.